The molecule has 3 heterocycles. The zero-order valence-electron chi connectivity index (χ0n) is 23.8. The van der Waals surface area contributed by atoms with E-state index in [0.29, 0.717) is 29.5 Å². The summed E-state index contributed by atoms with van der Waals surface area (Å²) in [6, 6.07) is 17.7. The van der Waals surface area contributed by atoms with Gasteiger partial charge in [0.2, 0.25) is 5.88 Å². The Bertz CT molecular complexity index is 1450. The van der Waals surface area contributed by atoms with E-state index < -0.39 is 5.82 Å². The van der Waals surface area contributed by atoms with Gasteiger partial charge in [-0.05, 0) is 63.2 Å². The first-order valence-corrected chi connectivity index (χ1v) is 14.0. The van der Waals surface area contributed by atoms with Gasteiger partial charge in [0.1, 0.15) is 12.4 Å². The smallest absolute Gasteiger partial charge is 0.213 e. The third kappa shape index (κ3) is 7.88. The van der Waals surface area contributed by atoms with Gasteiger partial charge in [0.25, 0.3) is 0 Å². The van der Waals surface area contributed by atoms with E-state index in [4.69, 9.17) is 19.7 Å². The predicted octanol–water partition coefficient (Wildman–Crippen LogP) is 5.43. The first-order valence-electron chi connectivity index (χ1n) is 14.0. The van der Waals surface area contributed by atoms with Crippen LogP contribution in [0.3, 0.4) is 0 Å². The number of aryl methyl sites for hydroxylation is 1. The molecule has 0 amide bonds. The minimum Gasteiger partial charge on any atom is -0.473 e. The summed E-state index contributed by atoms with van der Waals surface area (Å²) < 4.78 is 25.8. The van der Waals surface area contributed by atoms with Gasteiger partial charge in [0.05, 0.1) is 24.0 Å². The van der Waals surface area contributed by atoms with Crippen LogP contribution in [0.2, 0.25) is 0 Å². The Morgan fingerprint density at radius 3 is 2.67 bits per heavy atom. The maximum atomic E-state index is 14.2. The monoisotopic (exact) mass is 791 g/mol. The molecule has 0 bridgehead atoms. The van der Waals surface area contributed by atoms with E-state index in [9.17, 15) is 9.18 Å². The van der Waals surface area contributed by atoms with Crippen molar-refractivity contribution >= 4 is 12.0 Å². The Labute approximate surface area is 270 Å². The fourth-order valence-corrected chi connectivity index (χ4v) is 5.35. The van der Waals surface area contributed by atoms with Gasteiger partial charge in [0.15, 0.2) is 0 Å². The minimum absolute atomic E-state index is 0. The molecule has 2 aliphatic rings. The largest absolute Gasteiger partial charge is 0.473 e. The third-order valence-corrected chi connectivity index (χ3v) is 7.89. The Hall–Kier alpha value is -3.01. The van der Waals surface area contributed by atoms with Crippen LogP contribution in [0.5, 0.6) is 5.88 Å². The molecule has 1 unspecified atom stereocenters. The van der Waals surface area contributed by atoms with Crippen LogP contribution in [0.1, 0.15) is 53.1 Å². The van der Waals surface area contributed by atoms with E-state index >= 15 is 0 Å². The number of piperidine rings is 1. The molecule has 3 aromatic rings. The van der Waals surface area contributed by atoms with Gasteiger partial charge in [-0.3, -0.25) is 4.90 Å². The van der Waals surface area contributed by atoms with Crippen LogP contribution in [0.15, 0.2) is 66.9 Å². The number of halogens is 1. The molecule has 0 saturated carbocycles. The van der Waals surface area contributed by atoms with Crippen LogP contribution < -0.4 is 9.64 Å². The van der Waals surface area contributed by atoms with E-state index in [1.54, 1.807) is 24.3 Å². The molecule has 2 fully saturated rings. The molecular weight excluding hydrogens is 757 g/mol. The SMILES string of the molecule is C=C(CN1CCC(c2cccc(OCc3ccc(C#N)cc3F)n2)CC1)N(CC1CCO1)c1cc([C-]=O)ccc1C.[U]. The molecule has 0 aliphatic carbocycles. The molecular formula is C33H34FN4O3U-. The number of nitriles is 1. The summed E-state index contributed by atoms with van der Waals surface area (Å²) in [4.78, 5) is 20.7. The second kappa shape index (κ2) is 14.9. The number of carbonyl (C=O) groups excluding carboxylic acids is 1. The van der Waals surface area contributed by atoms with Crippen molar-refractivity contribution in [1.29, 1.82) is 5.26 Å². The van der Waals surface area contributed by atoms with Gasteiger partial charge in [0, 0.05) is 79.7 Å². The zero-order chi connectivity index (χ0) is 28.8. The summed E-state index contributed by atoms with van der Waals surface area (Å²) in [5.74, 6) is 0.301. The number of aromatic nitrogens is 1. The molecule has 9 heteroatoms. The molecule has 216 valence electrons. The van der Waals surface area contributed by atoms with Crippen molar-refractivity contribution in [3.8, 4) is 11.9 Å². The summed E-state index contributed by atoms with van der Waals surface area (Å²) >= 11 is 0. The van der Waals surface area contributed by atoms with Crippen molar-refractivity contribution in [3.63, 3.8) is 0 Å². The van der Waals surface area contributed by atoms with Gasteiger partial charge in [-0.15, -0.1) is 17.7 Å². The van der Waals surface area contributed by atoms with E-state index in [2.05, 4.69) is 16.4 Å². The number of pyridine rings is 1. The number of anilines is 1. The van der Waals surface area contributed by atoms with E-state index in [1.165, 1.54) is 6.07 Å². The van der Waals surface area contributed by atoms with Gasteiger partial charge in [-0.1, -0.05) is 24.3 Å². The molecule has 0 spiro atoms. The molecule has 2 aliphatic heterocycles. The van der Waals surface area contributed by atoms with Crippen LogP contribution in [0.25, 0.3) is 0 Å². The third-order valence-electron chi connectivity index (χ3n) is 7.89. The minimum atomic E-state index is -0.460. The van der Waals surface area contributed by atoms with Gasteiger partial charge in [-0.25, -0.2) is 9.37 Å². The van der Waals surface area contributed by atoms with Gasteiger partial charge < -0.3 is 19.2 Å². The number of hydrogen-bond donors (Lipinski definition) is 0. The molecule has 42 heavy (non-hydrogen) atoms. The first kappa shape index (κ1) is 31.9. The van der Waals surface area contributed by atoms with Crippen LogP contribution in [0.4, 0.5) is 10.1 Å². The predicted molar refractivity (Wildman–Crippen MR) is 155 cm³/mol. The number of ether oxygens (including phenoxy) is 2. The molecule has 2 aromatic carbocycles. The van der Waals surface area contributed by atoms with E-state index in [1.807, 2.05) is 43.5 Å². The summed E-state index contributed by atoms with van der Waals surface area (Å²) in [5.41, 5.74) is 5.20. The normalized spacial score (nSPS) is 16.9. The molecule has 1 atom stereocenters. The summed E-state index contributed by atoms with van der Waals surface area (Å²) in [6.45, 7) is 10.6. The van der Waals surface area contributed by atoms with Crippen LogP contribution >= 0.6 is 0 Å². The van der Waals surface area contributed by atoms with Gasteiger partial charge >= 0.3 is 0 Å². The molecule has 2 saturated heterocycles. The molecule has 1 aromatic heterocycles. The van der Waals surface area contributed by atoms with Crippen molar-refractivity contribution in [2.45, 2.75) is 44.8 Å². The fourth-order valence-electron chi connectivity index (χ4n) is 5.35. The Morgan fingerprint density at radius 2 is 2.00 bits per heavy atom. The Balaban J connectivity index is 0.00000405. The number of nitrogens with zero attached hydrogens (tertiary/aromatic N) is 4. The number of benzene rings is 2. The van der Waals surface area contributed by atoms with E-state index in [-0.39, 0.29) is 49.4 Å². The first-order chi connectivity index (χ1) is 19.9. The maximum absolute atomic E-state index is 14.2. The zero-order valence-corrected chi connectivity index (χ0v) is 28.0. The van der Waals surface area contributed by atoms with Crippen LogP contribution in [-0.2, 0) is 16.1 Å². The van der Waals surface area contributed by atoms with Gasteiger partial charge in [-0.2, -0.15) is 11.3 Å². The average molecular weight is 792 g/mol. The summed E-state index contributed by atoms with van der Waals surface area (Å²) in [7, 11) is 0. The maximum Gasteiger partial charge on any atom is 0.213 e. The van der Waals surface area contributed by atoms with Crippen molar-refractivity contribution in [3.05, 3.63) is 101 Å². The number of rotatable bonds is 11. The van der Waals surface area contributed by atoms with E-state index in [0.717, 1.165) is 68.1 Å². The van der Waals surface area contributed by atoms with Crippen LogP contribution in [0, 0.1) is 55.2 Å². The molecule has 0 radical (unpaired) electrons. The Morgan fingerprint density at radius 1 is 1.21 bits per heavy atom. The van der Waals surface area contributed by atoms with Crippen molar-refractivity contribution < 1.29 is 49.8 Å². The number of likely N-dealkylation sites (tertiary alicyclic amines) is 1. The average Bonchev–Trinajstić information content (AvgIpc) is 2.97. The summed E-state index contributed by atoms with van der Waals surface area (Å²) in [5, 5.41) is 8.93. The topological polar surface area (TPSA) is 78.7 Å². The second-order valence-corrected chi connectivity index (χ2v) is 10.7. The summed E-state index contributed by atoms with van der Waals surface area (Å²) in [6.07, 6.45) is 5.10. The molecule has 5 rings (SSSR count). The Kier molecular flexibility index (Phi) is 11.4. The van der Waals surface area contributed by atoms with Crippen LogP contribution in [-0.4, -0.2) is 55.1 Å². The molecule has 0 N–H and O–H groups in total. The van der Waals surface area contributed by atoms with Crippen molar-refractivity contribution in [2.75, 3.05) is 37.7 Å². The fraction of sp³-hybridized carbons (Fsp3) is 0.364. The second-order valence-electron chi connectivity index (χ2n) is 10.7. The van der Waals surface area contributed by atoms with Crippen molar-refractivity contribution in [2.24, 2.45) is 0 Å². The quantitative estimate of drug-likeness (QED) is 0.240. The number of hydrogen-bond acceptors (Lipinski definition) is 7. The van der Waals surface area contributed by atoms with Crippen molar-refractivity contribution in [1.82, 2.24) is 9.88 Å². The standard InChI is InChI=1S/C33H34FN4O3.U/c1-23-6-7-26(21-39)17-32(23)38(20-29-12-15-40-29)24(2)19-37-13-10-27(11-14-37)31-4-3-5-33(36-31)41-22-28-9-8-25(18-35)16-30(28)34;/h3-9,16-17,27,29H,2,10-15,19-20,22H2,1H3;/q-1;. The molecule has 7 nitrogen and oxygen atoms in total.